The van der Waals surface area contributed by atoms with E-state index in [1.54, 1.807) is 0 Å². The second-order valence-corrected chi connectivity index (χ2v) is 3.43. The summed E-state index contributed by atoms with van der Waals surface area (Å²) in [5.41, 5.74) is 2.25. The van der Waals surface area contributed by atoms with E-state index >= 15 is 0 Å². The van der Waals surface area contributed by atoms with Crippen molar-refractivity contribution >= 4 is 5.90 Å². The lowest BCUT2D eigenvalue weighted by Crippen LogP contribution is -2.00. The second-order valence-electron chi connectivity index (χ2n) is 3.43. The summed E-state index contributed by atoms with van der Waals surface area (Å²) in [5, 5.41) is 7.45. The molecule has 13 heavy (non-hydrogen) atoms. The lowest BCUT2D eigenvalue weighted by Gasteiger charge is -2.03. The van der Waals surface area contributed by atoms with Crippen molar-refractivity contribution < 1.29 is 4.74 Å². The minimum absolute atomic E-state index is 0.238. The quantitative estimate of drug-likeness (QED) is 0.543. The first-order valence-electron chi connectivity index (χ1n) is 4.54. The highest BCUT2D eigenvalue weighted by atomic mass is 16.5. The molecule has 0 atom stereocenters. The maximum absolute atomic E-state index is 7.45. The third-order valence-electron chi connectivity index (χ3n) is 2.43. The SMILES string of the molecule is COC(=N)c1ccc(C2CC2)cc1. The second kappa shape index (κ2) is 3.21. The molecule has 1 aliphatic carbocycles. The fourth-order valence-electron chi connectivity index (χ4n) is 1.44. The van der Waals surface area contributed by atoms with Crippen LogP contribution in [0.15, 0.2) is 24.3 Å². The van der Waals surface area contributed by atoms with Crippen LogP contribution in [-0.2, 0) is 4.74 Å². The van der Waals surface area contributed by atoms with Gasteiger partial charge in [-0.25, -0.2) is 0 Å². The van der Waals surface area contributed by atoms with Crippen LogP contribution in [0.5, 0.6) is 0 Å². The van der Waals surface area contributed by atoms with Crippen LogP contribution in [0.1, 0.15) is 29.9 Å². The number of ether oxygens (including phenoxy) is 1. The fraction of sp³-hybridized carbons (Fsp3) is 0.364. The Labute approximate surface area is 78.0 Å². The van der Waals surface area contributed by atoms with E-state index in [1.807, 2.05) is 12.1 Å². The fourth-order valence-corrected chi connectivity index (χ4v) is 1.44. The van der Waals surface area contributed by atoms with Gasteiger partial charge in [-0.1, -0.05) is 12.1 Å². The van der Waals surface area contributed by atoms with Crippen LogP contribution >= 0.6 is 0 Å². The molecule has 1 fully saturated rings. The van der Waals surface area contributed by atoms with Crippen molar-refractivity contribution in [2.75, 3.05) is 7.11 Å². The molecule has 1 saturated carbocycles. The molecule has 2 nitrogen and oxygen atoms in total. The molecule has 0 unspecified atom stereocenters. The molecule has 1 aromatic carbocycles. The molecule has 0 heterocycles. The Morgan fingerprint density at radius 3 is 2.38 bits per heavy atom. The van der Waals surface area contributed by atoms with Crippen LogP contribution in [0.3, 0.4) is 0 Å². The molecule has 0 aliphatic heterocycles. The third kappa shape index (κ3) is 1.72. The topological polar surface area (TPSA) is 33.1 Å². The predicted molar refractivity (Wildman–Crippen MR) is 52.3 cm³/mol. The number of rotatable bonds is 2. The maximum atomic E-state index is 7.45. The number of hydrogen-bond donors (Lipinski definition) is 1. The predicted octanol–water partition coefficient (Wildman–Crippen LogP) is 2.54. The van der Waals surface area contributed by atoms with Gasteiger partial charge in [0.15, 0.2) is 0 Å². The molecule has 1 aromatic rings. The smallest absolute Gasteiger partial charge is 0.212 e. The summed E-state index contributed by atoms with van der Waals surface area (Å²) in [7, 11) is 1.52. The summed E-state index contributed by atoms with van der Waals surface area (Å²) in [6, 6.07) is 8.11. The highest BCUT2D eigenvalue weighted by Gasteiger charge is 2.23. The van der Waals surface area contributed by atoms with E-state index in [9.17, 15) is 0 Å². The molecule has 2 heteroatoms. The average molecular weight is 175 g/mol. The lowest BCUT2D eigenvalue weighted by molar-refractivity contribution is 0.401. The van der Waals surface area contributed by atoms with Crippen LogP contribution in [0.4, 0.5) is 0 Å². The van der Waals surface area contributed by atoms with Gasteiger partial charge >= 0.3 is 0 Å². The average Bonchev–Trinajstić information content (AvgIpc) is 3.00. The van der Waals surface area contributed by atoms with Gasteiger partial charge in [-0.05, 0) is 36.5 Å². The molecule has 0 radical (unpaired) electrons. The summed E-state index contributed by atoms with van der Waals surface area (Å²) < 4.78 is 4.84. The van der Waals surface area contributed by atoms with Crippen molar-refractivity contribution in [2.24, 2.45) is 0 Å². The molecule has 0 spiro atoms. The van der Waals surface area contributed by atoms with E-state index < -0.39 is 0 Å². The summed E-state index contributed by atoms with van der Waals surface area (Å²) in [4.78, 5) is 0. The zero-order chi connectivity index (χ0) is 9.26. The van der Waals surface area contributed by atoms with Crippen LogP contribution in [-0.4, -0.2) is 13.0 Å². The largest absolute Gasteiger partial charge is 0.481 e. The summed E-state index contributed by atoms with van der Waals surface area (Å²) in [6.07, 6.45) is 2.64. The monoisotopic (exact) mass is 175 g/mol. The maximum Gasteiger partial charge on any atom is 0.212 e. The molecule has 1 aliphatic rings. The first-order chi connectivity index (χ1) is 6.31. The van der Waals surface area contributed by atoms with Gasteiger partial charge in [0.05, 0.1) is 7.11 Å². The van der Waals surface area contributed by atoms with Crippen molar-refractivity contribution in [1.82, 2.24) is 0 Å². The van der Waals surface area contributed by atoms with E-state index in [4.69, 9.17) is 10.1 Å². The van der Waals surface area contributed by atoms with Gasteiger partial charge in [0, 0.05) is 5.56 Å². The number of nitrogens with one attached hydrogen (secondary N) is 1. The molecular weight excluding hydrogens is 162 g/mol. The summed E-state index contributed by atoms with van der Waals surface area (Å²) in [5.74, 6) is 1.02. The molecule has 2 rings (SSSR count). The molecular formula is C11H13NO. The van der Waals surface area contributed by atoms with Crippen molar-refractivity contribution in [3.8, 4) is 0 Å². The molecule has 68 valence electrons. The van der Waals surface area contributed by atoms with Gasteiger partial charge in [0.25, 0.3) is 0 Å². The first kappa shape index (κ1) is 8.30. The molecule has 0 saturated heterocycles. The van der Waals surface area contributed by atoms with Crippen LogP contribution in [0.2, 0.25) is 0 Å². The first-order valence-corrected chi connectivity index (χ1v) is 4.54. The summed E-state index contributed by atoms with van der Waals surface area (Å²) in [6.45, 7) is 0. The highest BCUT2D eigenvalue weighted by Crippen LogP contribution is 2.39. The number of hydrogen-bond acceptors (Lipinski definition) is 2. The lowest BCUT2D eigenvalue weighted by atomic mass is 10.1. The minimum atomic E-state index is 0.238. The Morgan fingerprint density at radius 2 is 1.92 bits per heavy atom. The van der Waals surface area contributed by atoms with Crippen molar-refractivity contribution in [2.45, 2.75) is 18.8 Å². The normalized spacial score (nSPS) is 15.5. The van der Waals surface area contributed by atoms with E-state index in [1.165, 1.54) is 25.5 Å². The molecule has 1 N–H and O–H groups in total. The van der Waals surface area contributed by atoms with Gasteiger partial charge in [-0.3, -0.25) is 5.41 Å². The van der Waals surface area contributed by atoms with E-state index in [2.05, 4.69) is 12.1 Å². The van der Waals surface area contributed by atoms with E-state index in [0.29, 0.717) is 0 Å². The zero-order valence-electron chi connectivity index (χ0n) is 7.71. The van der Waals surface area contributed by atoms with Gasteiger partial charge in [-0.15, -0.1) is 0 Å². The van der Waals surface area contributed by atoms with Crippen LogP contribution in [0, 0.1) is 5.41 Å². The van der Waals surface area contributed by atoms with Crippen LogP contribution in [0.25, 0.3) is 0 Å². The van der Waals surface area contributed by atoms with Gasteiger partial charge in [-0.2, -0.15) is 0 Å². The zero-order valence-corrected chi connectivity index (χ0v) is 7.71. The molecule has 0 bridgehead atoms. The third-order valence-corrected chi connectivity index (χ3v) is 2.43. The van der Waals surface area contributed by atoms with Gasteiger partial charge < -0.3 is 4.74 Å². The molecule has 0 amide bonds. The van der Waals surface area contributed by atoms with E-state index in [-0.39, 0.29) is 5.90 Å². The van der Waals surface area contributed by atoms with Crippen molar-refractivity contribution in [3.05, 3.63) is 35.4 Å². The Morgan fingerprint density at radius 1 is 1.31 bits per heavy atom. The number of benzene rings is 1. The van der Waals surface area contributed by atoms with Gasteiger partial charge in [0.1, 0.15) is 0 Å². The van der Waals surface area contributed by atoms with E-state index in [0.717, 1.165) is 11.5 Å². The number of methoxy groups -OCH3 is 1. The van der Waals surface area contributed by atoms with Gasteiger partial charge in [0.2, 0.25) is 5.90 Å². The van der Waals surface area contributed by atoms with Crippen LogP contribution < -0.4 is 0 Å². The molecule has 0 aromatic heterocycles. The Balaban J connectivity index is 2.17. The van der Waals surface area contributed by atoms with Crippen molar-refractivity contribution in [1.29, 1.82) is 5.41 Å². The standard InChI is InChI=1S/C11H13NO/c1-13-11(12)10-6-4-9(5-7-10)8-2-3-8/h4-8,12H,2-3H2,1H3. The Kier molecular flexibility index (Phi) is 2.05. The Hall–Kier alpha value is -1.31. The van der Waals surface area contributed by atoms with Crippen molar-refractivity contribution in [3.63, 3.8) is 0 Å². The summed E-state index contributed by atoms with van der Waals surface area (Å²) >= 11 is 0. The Bertz CT molecular complexity index is 311. The minimum Gasteiger partial charge on any atom is -0.481 e. The highest BCUT2D eigenvalue weighted by molar-refractivity contribution is 5.91.